The van der Waals surface area contributed by atoms with E-state index in [1.54, 1.807) is 6.07 Å². The zero-order valence-electron chi connectivity index (χ0n) is 19.5. The second-order valence-electron chi connectivity index (χ2n) is 9.37. The number of nitrogens with one attached hydrogen (secondary N) is 4. The quantitative estimate of drug-likeness (QED) is 0.336. The third kappa shape index (κ3) is 4.49. The number of imidazole rings is 1. The van der Waals surface area contributed by atoms with E-state index >= 15 is 0 Å². The lowest BCUT2D eigenvalue weighted by atomic mass is 9.99. The van der Waals surface area contributed by atoms with E-state index in [0.717, 1.165) is 80.2 Å². The van der Waals surface area contributed by atoms with Gasteiger partial charge in [-0.15, -0.1) is 0 Å². The second kappa shape index (κ2) is 9.53. The van der Waals surface area contributed by atoms with Gasteiger partial charge in [-0.25, -0.2) is 4.98 Å². The summed E-state index contributed by atoms with van der Waals surface area (Å²) in [6.45, 7) is 6.00. The van der Waals surface area contributed by atoms with Crippen LogP contribution < -0.4 is 21.1 Å². The number of hydrogen-bond donors (Lipinski definition) is 4. The molecule has 1 atom stereocenters. The highest BCUT2D eigenvalue weighted by Crippen LogP contribution is 2.33. The predicted molar refractivity (Wildman–Crippen MR) is 142 cm³/mol. The highest BCUT2D eigenvalue weighted by Gasteiger charge is 2.21. The van der Waals surface area contributed by atoms with Crippen LogP contribution in [0.4, 0.5) is 11.4 Å². The van der Waals surface area contributed by atoms with Gasteiger partial charge in [-0.2, -0.15) is 0 Å². The predicted octanol–water partition coefficient (Wildman–Crippen LogP) is 3.97. The van der Waals surface area contributed by atoms with Crippen LogP contribution in [-0.4, -0.2) is 60.9 Å². The molecule has 4 aromatic rings. The molecule has 0 saturated carbocycles. The van der Waals surface area contributed by atoms with E-state index in [2.05, 4.69) is 37.6 Å². The van der Waals surface area contributed by atoms with Crippen molar-refractivity contribution in [2.75, 3.05) is 56.2 Å². The van der Waals surface area contributed by atoms with Crippen LogP contribution in [-0.2, 0) is 4.74 Å². The van der Waals surface area contributed by atoms with Crippen molar-refractivity contribution in [2.45, 2.75) is 12.8 Å². The minimum absolute atomic E-state index is 0.198. The minimum Gasteiger partial charge on any atom is -0.383 e. The third-order valence-electron chi connectivity index (χ3n) is 7.02. The molecule has 2 fully saturated rings. The van der Waals surface area contributed by atoms with Crippen molar-refractivity contribution in [3.8, 4) is 11.4 Å². The van der Waals surface area contributed by atoms with Crippen molar-refractivity contribution < 1.29 is 4.74 Å². The molecule has 0 spiro atoms. The molecule has 2 saturated heterocycles. The standard InChI is InChI=1S/C26H29ClN6O2/c27-17-3-5-19-21(12-17)32-26(34)23(24(19)29-15-16-2-1-7-28-14-16)25-30-20-6-4-18(13-22(20)31-25)33-8-10-35-11-9-33/h3-6,12-13,16,28H,1-2,7-11,14-15H2,(H,30,31)(H2,29,32,34). The Hall–Kier alpha value is -3.07. The van der Waals surface area contributed by atoms with Crippen LogP contribution >= 0.6 is 11.6 Å². The fourth-order valence-electron chi connectivity index (χ4n) is 5.16. The number of H-pyrrole nitrogens is 2. The number of ether oxygens (including phenoxy) is 1. The van der Waals surface area contributed by atoms with Crippen molar-refractivity contribution in [1.82, 2.24) is 20.3 Å². The molecule has 0 amide bonds. The first-order valence-corrected chi connectivity index (χ1v) is 12.7. The van der Waals surface area contributed by atoms with Crippen molar-refractivity contribution in [1.29, 1.82) is 0 Å². The number of pyridine rings is 1. The number of fused-ring (bicyclic) bond motifs is 2. The Morgan fingerprint density at radius 3 is 2.83 bits per heavy atom. The molecule has 182 valence electrons. The smallest absolute Gasteiger partial charge is 0.261 e. The number of halogens is 1. The van der Waals surface area contributed by atoms with Crippen LogP contribution in [0.2, 0.25) is 5.02 Å². The lowest BCUT2D eigenvalue weighted by Gasteiger charge is -2.28. The molecular formula is C26H29ClN6O2. The summed E-state index contributed by atoms with van der Waals surface area (Å²) in [5.41, 5.74) is 4.67. The van der Waals surface area contributed by atoms with Crippen LogP contribution in [0.1, 0.15) is 12.8 Å². The summed E-state index contributed by atoms with van der Waals surface area (Å²) >= 11 is 6.23. The van der Waals surface area contributed by atoms with Gasteiger partial charge in [0, 0.05) is 35.7 Å². The number of hydrogen-bond acceptors (Lipinski definition) is 6. The molecule has 6 rings (SSSR count). The molecule has 35 heavy (non-hydrogen) atoms. The number of piperidine rings is 1. The topological polar surface area (TPSA) is 98.1 Å². The van der Waals surface area contributed by atoms with E-state index in [0.29, 0.717) is 27.8 Å². The molecule has 0 aliphatic carbocycles. The Kier molecular flexibility index (Phi) is 6.10. The zero-order chi connectivity index (χ0) is 23.8. The Balaban J connectivity index is 1.42. The maximum absolute atomic E-state index is 13.4. The molecule has 2 aromatic carbocycles. The van der Waals surface area contributed by atoms with Crippen molar-refractivity contribution in [3.63, 3.8) is 0 Å². The van der Waals surface area contributed by atoms with E-state index in [4.69, 9.17) is 21.3 Å². The van der Waals surface area contributed by atoms with E-state index in [-0.39, 0.29) is 5.56 Å². The summed E-state index contributed by atoms with van der Waals surface area (Å²) in [5, 5.41) is 8.58. The van der Waals surface area contributed by atoms with Crippen molar-refractivity contribution in [3.05, 3.63) is 51.8 Å². The van der Waals surface area contributed by atoms with Crippen molar-refractivity contribution >= 4 is 44.9 Å². The summed E-state index contributed by atoms with van der Waals surface area (Å²) in [5.74, 6) is 1.06. The monoisotopic (exact) mass is 492 g/mol. The number of aromatic amines is 2. The number of rotatable bonds is 5. The molecule has 9 heteroatoms. The molecular weight excluding hydrogens is 464 g/mol. The SMILES string of the molecule is O=c1[nH]c2cc(Cl)ccc2c(NCC2CCCNC2)c1-c1nc2cc(N3CCOCC3)ccc2[nH]1. The van der Waals surface area contributed by atoms with Gasteiger partial charge in [-0.05, 0) is 68.2 Å². The number of aromatic nitrogens is 3. The normalized spacial score (nSPS) is 18.9. The molecule has 8 nitrogen and oxygen atoms in total. The lowest BCUT2D eigenvalue weighted by molar-refractivity contribution is 0.122. The van der Waals surface area contributed by atoms with Gasteiger partial charge < -0.3 is 30.2 Å². The van der Waals surface area contributed by atoms with Gasteiger partial charge in [-0.1, -0.05) is 11.6 Å². The van der Waals surface area contributed by atoms with Gasteiger partial charge >= 0.3 is 0 Å². The van der Waals surface area contributed by atoms with E-state index < -0.39 is 0 Å². The molecule has 0 bridgehead atoms. The summed E-state index contributed by atoms with van der Waals surface area (Å²) in [6.07, 6.45) is 2.33. The number of morpholine rings is 1. The molecule has 1 unspecified atom stereocenters. The summed E-state index contributed by atoms with van der Waals surface area (Å²) in [7, 11) is 0. The van der Waals surface area contributed by atoms with Gasteiger partial charge in [0.1, 0.15) is 11.4 Å². The van der Waals surface area contributed by atoms with Crippen molar-refractivity contribution in [2.24, 2.45) is 5.92 Å². The Bertz CT molecular complexity index is 1420. The highest BCUT2D eigenvalue weighted by atomic mass is 35.5. The molecule has 2 aliphatic heterocycles. The number of benzene rings is 2. The average molecular weight is 493 g/mol. The summed E-state index contributed by atoms with van der Waals surface area (Å²) in [6, 6.07) is 11.8. The molecule has 4 heterocycles. The number of anilines is 2. The largest absolute Gasteiger partial charge is 0.383 e. The van der Waals surface area contributed by atoms with E-state index in [1.807, 2.05) is 18.2 Å². The van der Waals surface area contributed by atoms with Crippen LogP contribution in [0.3, 0.4) is 0 Å². The molecule has 0 radical (unpaired) electrons. The summed E-state index contributed by atoms with van der Waals surface area (Å²) < 4.78 is 5.49. The summed E-state index contributed by atoms with van der Waals surface area (Å²) in [4.78, 5) is 26.9. The van der Waals surface area contributed by atoms with Crippen LogP contribution in [0.15, 0.2) is 41.2 Å². The first kappa shape index (κ1) is 22.4. The second-order valence-corrected chi connectivity index (χ2v) is 9.81. The van der Waals surface area contributed by atoms with Crippen LogP contribution in [0, 0.1) is 5.92 Å². The third-order valence-corrected chi connectivity index (χ3v) is 7.26. The van der Waals surface area contributed by atoms with Crippen LogP contribution in [0.5, 0.6) is 0 Å². The first-order chi connectivity index (χ1) is 17.2. The van der Waals surface area contributed by atoms with Gasteiger partial charge in [0.2, 0.25) is 0 Å². The highest BCUT2D eigenvalue weighted by molar-refractivity contribution is 6.31. The maximum atomic E-state index is 13.4. The maximum Gasteiger partial charge on any atom is 0.261 e. The number of nitrogens with zero attached hydrogens (tertiary/aromatic N) is 2. The molecule has 4 N–H and O–H groups in total. The fraction of sp³-hybridized carbons (Fsp3) is 0.385. The van der Waals surface area contributed by atoms with Gasteiger partial charge in [0.25, 0.3) is 5.56 Å². The van der Waals surface area contributed by atoms with E-state index in [9.17, 15) is 4.79 Å². The fourth-order valence-corrected chi connectivity index (χ4v) is 5.33. The van der Waals surface area contributed by atoms with Crippen LogP contribution in [0.25, 0.3) is 33.3 Å². The van der Waals surface area contributed by atoms with Gasteiger partial charge in [0.15, 0.2) is 0 Å². The zero-order valence-corrected chi connectivity index (χ0v) is 20.3. The average Bonchev–Trinajstić information content (AvgIpc) is 3.31. The molecule has 2 aromatic heterocycles. The minimum atomic E-state index is -0.198. The van der Waals surface area contributed by atoms with E-state index in [1.165, 1.54) is 6.42 Å². The Labute approximate surface area is 208 Å². The lowest BCUT2D eigenvalue weighted by Crippen LogP contribution is -2.36. The molecule has 2 aliphatic rings. The first-order valence-electron chi connectivity index (χ1n) is 12.3. The van der Waals surface area contributed by atoms with Gasteiger partial charge in [-0.3, -0.25) is 4.79 Å². The Morgan fingerprint density at radius 2 is 2.00 bits per heavy atom. The van der Waals surface area contributed by atoms with Gasteiger partial charge in [0.05, 0.1) is 35.5 Å². The Morgan fingerprint density at radius 1 is 1.11 bits per heavy atom.